The number of carbonyl (C=O) groups excluding carboxylic acids is 8. The van der Waals surface area contributed by atoms with Gasteiger partial charge in [-0.3, -0.25) is 33.6 Å². The van der Waals surface area contributed by atoms with Gasteiger partial charge in [-0.1, -0.05) is 118 Å². The molecule has 4 unspecified atom stereocenters. The van der Waals surface area contributed by atoms with Crippen molar-refractivity contribution < 1.29 is 56.2 Å². The molecule has 0 aliphatic rings. The lowest BCUT2D eigenvalue weighted by Crippen LogP contribution is -2.30. The smallest absolute Gasteiger partial charge is 0.306 e. The average molecular weight is 878 g/mol. The van der Waals surface area contributed by atoms with E-state index in [0.29, 0.717) is 6.42 Å². The number of Topliss-reactive ketones (excluding diaryl/α,β-unsaturated/α-hetero) is 6. The molecule has 0 spiro atoms. The summed E-state index contributed by atoms with van der Waals surface area (Å²) in [6.45, 7) is 33.5. The molecule has 0 aliphatic heterocycles. The summed E-state index contributed by atoms with van der Waals surface area (Å²) < 4.78 is 31.4. The second kappa shape index (κ2) is 34.5. The Bertz CT molecular complexity index is 1360. The second-order valence-corrected chi connectivity index (χ2v) is 20.2. The van der Waals surface area contributed by atoms with Crippen LogP contribution in [0.25, 0.3) is 0 Å². The van der Waals surface area contributed by atoms with E-state index in [9.17, 15) is 46.8 Å². The third-order valence-corrected chi connectivity index (χ3v) is 10.4. The number of rotatable bonds is 21. The van der Waals surface area contributed by atoms with Gasteiger partial charge in [-0.05, 0) is 24.7 Å². The summed E-state index contributed by atoms with van der Waals surface area (Å²) in [5.74, 6) is -0.322. The first-order valence-corrected chi connectivity index (χ1v) is 23.3. The Morgan fingerprint density at radius 3 is 0.917 bits per heavy atom. The lowest BCUT2D eigenvalue weighted by atomic mass is 9.84. The molecule has 0 aliphatic carbocycles. The summed E-state index contributed by atoms with van der Waals surface area (Å²) in [5, 5.41) is 0. The van der Waals surface area contributed by atoms with Crippen molar-refractivity contribution in [2.24, 2.45) is 76.7 Å². The van der Waals surface area contributed by atoms with Gasteiger partial charge in [-0.2, -0.15) is 0 Å². The zero-order valence-corrected chi connectivity index (χ0v) is 42.2. The van der Waals surface area contributed by atoms with Crippen LogP contribution in [0.2, 0.25) is 0 Å². The number of hydrogen-bond acceptors (Lipinski definition) is 13. The molecule has 0 rings (SSSR count). The van der Waals surface area contributed by atoms with E-state index in [1.807, 2.05) is 104 Å². The Hall–Kier alpha value is -3.13. The van der Waals surface area contributed by atoms with Crippen molar-refractivity contribution in [3.8, 4) is 0 Å². The molecule has 0 aromatic heterocycles. The van der Waals surface area contributed by atoms with Crippen molar-refractivity contribution in [2.45, 2.75) is 144 Å². The number of sulfone groups is 1. The molecule has 4 atom stereocenters. The van der Waals surface area contributed by atoms with Crippen LogP contribution in [-0.2, 0) is 57.7 Å². The first-order chi connectivity index (χ1) is 27.1. The normalized spacial score (nSPS) is 13.1. The summed E-state index contributed by atoms with van der Waals surface area (Å²) in [5.41, 5.74) is 5.02. The van der Waals surface area contributed by atoms with Crippen molar-refractivity contribution in [1.29, 1.82) is 0 Å². The minimum absolute atomic E-state index is 0.0212. The van der Waals surface area contributed by atoms with Gasteiger partial charge in [0.25, 0.3) is 0 Å². The fraction of sp³-hybridized carbons (Fsp3) is 0.826. The summed E-state index contributed by atoms with van der Waals surface area (Å²) in [6, 6.07) is 0. The van der Waals surface area contributed by atoms with Crippen molar-refractivity contribution in [3.63, 3.8) is 0 Å². The molecule has 0 saturated heterocycles. The Labute approximate surface area is 365 Å². The molecule has 0 fully saturated rings. The third-order valence-electron chi connectivity index (χ3n) is 9.42. The van der Waals surface area contributed by atoms with Crippen LogP contribution in [0.5, 0.6) is 0 Å². The predicted octanol–water partition coefficient (Wildman–Crippen LogP) is 7.62. The van der Waals surface area contributed by atoms with E-state index < -0.39 is 9.84 Å². The number of ether oxygens (including phenoxy) is 2. The number of esters is 2. The summed E-state index contributed by atoms with van der Waals surface area (Å²) in [4.78, 5) is 89.6. The quantitative estimate of drug-likeness (QED) is 0.110. The van der Waals surface area contributed by atoms with Gasteiger partial charge in [-0.15, -0.1) is 0 Å². The number of nitrogens with two attached hydrogens (primary N) is 1. The minimum atomic E-state index is -3.07. The van der Waals surface area contributed by atoms with Crippen LogP contribution >= 0.6 is 0 Å². The van der Waals surface area contributed by atoms with E-state index in [4.69, 9.17) is 5.73 Å². The average Bonchev–Trinajstić information content (AvgIpc) is 3.12. The van der Waals surface area contributed by atoms with Gasteiger partial charge in [0.2, 0.25) is 0 Å². The van der Waals surface area contributed by atoms with Gasteiger partial charge in [-0.25, -0.2) is 8.42 Å². The van der Waals surface area contributed by atoms with E-state index in [-0.39, 0.29) is 143 Å². The number of carbonyl (C=O) groups is 8. The van der Waals surface area contributed by atoms with Crippen LogP contribution < -0.4 is 5.73 Å². The Morgan fingerprint density at radius 2 is 0.750 bits per heavy atom. The van der Waals surface area contributed by atoms with Crippen LogP contribution in [0.15, 0.2) is 0 Å². The molecule has 0 aromatic rings. The standard InChI is InChI=1S/2C11H20O3.C10H20O3S.C9H16O2.C5H11NO/c2*1-7(2)9(6-10(12)14-5)11(13)8(3)4;1-7(2)9(6-14(5,12)13)10(11)8(3)4;1-6(2)9(11)7(3)5-8(4)10;1-4(2)5(7)3-6/h3*7-9H,6H2,1-5H3;6-7H,5H2,1-4H3;4H,3,6H2,1-2H3. The molecule has 0 aromatic carbocycles. The first-order valence-electron chi connectivity index (χ1n) is 21.3. The first kappa shape index (κ1) is 66.0. The lowest BCUT2D eigenvalue weighted by Gasteiger charge is -2.20. The van der Waals surface area contributed by atoms with Crippen molar-refractivity contribution >= 4 is 56.5 Å². The Morgan fingerprint density at radius 1 is 0.467 bits per heavy atom. The number of hydrogen-bond donors (Lipinski definition) is 1. The second-order valence-electron chi connectivity index (χ2n) is 18.1. The van der Waals surface area contributed by atoms with Gasteiger partial charge in [0.1, 0.15) is 44.5 Å². The number of methoxy groups -OCH3 is 2. The maximum Gasteiger partial charge on any atom is 0.306 e. The van der Waals surface area contributed by atoms with Crippen LogP contribution in [0, 0.1) is 71.0 Å². The maximum absolute atomic E-state index is 11.7. The molecular weight excluding hydrogens is 791 g/mol. The molecule has 0 heterocycles. The highest BCUT2D eigenvalue weighted by Gasteiger charge is 2.29. The van der Waals surface area contributed by atoms with Gasteiger partial charge in [0.15, 0.2) is 0 Å². The zero-order valence-electron chi connectivity index (χ0n) is 41.3. The molecule has 0 bridgehead atoms. The van der Waals surface area contributed by atoms with Crippen LogP contribution in [0.1, 0.15) is 144 Å². The maximum atomic E-state index is 11.7. The van der Waals surface area contributed by atoms with Crippen molar-refractivity contribution in [2.75, 3.05) is 32.8 Å². The highest BCUT2D eigenvalue weighted by molar-refractivity contribution is 7.90. The Kier molecular flexibility index (Phi) is 37.9. The third kappa shape index (κ3) is 34.6. The predicted molar refractivity (Wildman–Crippen MR) is 241 cm³/mol. The SMILES string of the molecule is CC(=O)CC(C)C(=O)C(C)C.CC(C)C(=O)C(CS(C)(=O)=O)C(C)C.CC(C)C(=O)CN.COC(=O)CC(C(=O)C(C)C)C(C)C.COC(=O)CC(C(=O)C(C)C)C(C)C. The molecule has 2 N–H and O–H groups in total. The topological polar surface area (TPSA) is 215 Å². The van der Waals surface area contributed by atoms with Crippen LogP contribution in [0.4, 0.5) is 0 Å². The van der Waals surface area contributed by atoms with E-state index in [2.05, 4.69) is 9.47 Å². The van der Waals surface area contributed by atoms with Crippen LogP contribution in [0.3, 0.4) is 0 Å². The monoisotopic (exact) mass is 878 g/mol. The molecule has 14 heteroatoms. The summed E-state index contributed by atoms with van der Waals surface area (Å²) in [7, 11) is -0.374. The van der Waals surface area contributed by atoms with Gasteiger partial charge in [0, 0.05) is 65.9 Å². The largest absolute Gasteiger partial charge is 0.469 e. The fourth-order valence-corrected chi connectivity index (χ4v) is 6.61. The fourth-order valence-electron chi connectivity index (χ4n) is 5.41. The molecular formula is C46H87NO12S. The summed E-state index contributed by atoms with van der Waals surface area (Å²) in [6.07, 6.45) is 1.96. The summed E-state index contributed by atoms with van der Waals surface area (Å²) >= 11 is 0. The molecule has 0 amide bonds. The molecule has 13 nitrogen and oxygen atoms in total. The highest BCUT2D eigenvalue weighted by atomic mass is 32.2. The molecule has 0 saturated carbocycles. The van der Waals surface area contributed by atoms with E-state index >= 15 is 0 Å². The molecule has 354 valence electrons. The van der Waals surface area contributed by atoms with Gasteiger partial charge in [0.05, 0.1) is 39.4 Å². The van der Waals surface area contributed by atoms with Crippen molar-refractivity contribution in [3.05, 3.63) is 0 Å². The van der Waals surface area contributed by atoms with Crippen molar-refractivity contribution in [1.82, 2.24) is 0 Å². The lowest BCUT2D eigenvalue weighted by molar-refractivity contribution is -0.145. The van der Waals surface area contributed by atoms with Gasteiger partial charge < -0.3 is 20.0 Å². The number of ketones is 6. The highest BCUT2D eigenvalue weighted by Crippen LogP contribution is 2.22. The van der Waals surface area contributed by atoms with Gasteiger partial charge >= 0.3 is 11.9 Å². The van der Waals surface area contributed by atoms with Crippen LogP contribution in [-0.4, -0.2) is 87.8 Å². The Balaban J connectivity index is -0.000000214. The van der Waals surface area contributed by atoms with E-state index in [1.54, 1.807) is 13.8 Å². The van der Waals surface area contributed by atoms with E-state index in [0.717, 1.165) is 0 Å². The molecule has 60 heavy (non-hydrogen) atoms. The molecule has 0 radical (unpaired) electrons. The zero-order chi connectivity index (χ0) is 49.0. The van der Waals surface area contributed by atoms with E-state index in [1.165, 1.54) is 27.4 Å². The minimum Gasteiger partial charge on any atom is -0.469 e.